The van der Waals surface area contributed by atoms with Gasteiger partial charge < -0.3 is 0 Å². The maximum atomic E-state index is 2.46. The van der Waals surface area contributed by atoms with Crippen LogP contribution in [-0.2, 0) is 0 Å². The minimum absolute atomic E-state index is 0.867. The Bertz CT molecular complexity index is 151. The van der Waals surface area contributed by atoms with Crippen molar-refractivity contribution in [2.45, 2.75) is 60.3 Å². The van der Waals surface area contributed by atoms with Gasteiger partial charge in [0.2, 0.25) is 0 Å². The third-order valence-corrected chi connectivity index (χ3v) is 4.49. The topological polar surface area (TPSA) is 0 Å². The zero-order valence-corrected chi connectivity index (χ0v) is 10.7. The summed E-state index contributed by atoms with van der Waals surface area (Å²) in [7, 11) is 0. The maximum Gasteiger partial charge on any atom is -0.0383 e. The van der Waals surface area contributed by atoms with Crippen molar-refractivity contribution in [1.82, 2.24) is 0 Å². The van der Waals surface area contributed by atoms with Crippen LogP contribution in [0.5, 0.6) is 0 Å². The van der Waals surface area contributed by atoms with Crippen LogP contribution in [0.4, 0.5) is 0 Å². The minimum atomic E-state index is 0.867. The standard InChI is InChI=1S/C14H28/c1-10(2)12(5)14-8-6-7-13(9-14)11(3)4/h10-14H,6-9H2,1-5H3. The maximum absolute atomic E-state index is 2.46. The molecular formula is C14H28. The first-order chi connectivity index (χ1) is 6.52. The van der Waals surface area contributed by atoms with Crippen molar-refractivity contribution in [2.75, 3.05) is 0 Å². The predicted molar refractivity (Wildman–Crippen MR) is 64.3 cm³/mol. The van der Waals surface area contributed by atoms with Crippen molar-refractivity contribution in [1.29, 1.82) is 0 Å². The molecule has 0 nitrogen and oxygen atoms in total. The van der Waals surface area contributed by atoms with E-state index in [9.17, 15) is 0 Å². The van der Waals surface area contributed by atoms with Crippen LogP contribution < -0.4 is 0 Å². The van der Waals surface area contributed by atoms with Crippen molar-refractivity contribution < 1.29 is 0 Å². The number of hydrogen-bond acceptors (Lipinski definition) is 0. The van der Waals surface area contributed by atoms with E-state index in [4.69, 9.17) is 0 Å². The first-order valence-electron chi connectivity index (χ1n) is 6.52. The van der Waals surface area contributed by atoms with Gasteiger partial charge in [-0.15, -0.1) is 0 Å². The summed E-state index contributed by atoms with van der Waals surface area (Å²) < 4.78 is 0. The molecule has 0 N–H and O–H groups in total. The molecule has 1 aliphatic rings. The summed E-state index contributed by atoms with van der Waals surface area (Å²) in [4.78, 5) is 0. The van der Waals surface area contributed by atoms with E-state index in [1.54, 1.807) is 0 Å². The van der Waals surface area contributed by atoms with Gasteiger partial charge in [-0.05, 0) is 36.0 Å². The average molecular weight is 196 g/mol. The highest BCUT2D eigenvalue weighted by Crippen LogP contribution is 2.39. The monoisotopic (exact) mass is 196 g/mol. The average Bonchev–Trinajstić information content (AvgIpc) is 2.16. The third kappa shape index (κ3) is 3.00. The van der Waals surface area contributed by atoms with E-state index in [2.05, 4.69) is 34.6 Å². The van der Waals surface area contributed by atoms with Gasteiger partial charge in [-0.1, -0.05) is 53.9 Å². The molecule has 84 valence electrons. The zero-order valence-electron chi connectivity index (χ0n) is 10.7. The second kappa shape index (κ2) is 5.19. The molecular weight excluding hydrogens is 168 g/mol. The summed E-state index contributed by atoms with van der Waals surface area (Å²) in [6, 6.07) is 0. The van der Waals surface area contributed by atoms with Crippen LogP contribution in [0.1, 0.15) is 60.3 Å². The first kappa shape index (κ1) is 12.1. The Morgan fingerprint density at radius 3 is 1.93 bits per heavy atom. The molecule has 0 bridgehead atoms. The van der Waals surface area contributed by atoms with Crippen molar-refractivity contribution >= 4 is 0 Å². The molecule has 0 saturated heterocycles. The minimum Gasteiger partial charge on any atom is -0.0625 e. The van der Waals surface area contributed by atoms with Crippen LogP contribution >= 0.6 is 0 Å². The van der Waals surface area contributed by atoms with E-state index in [1.165, 1.54) is 25.7 Å². The normalized spacial score (nSPS) is 31.1. The predicted octanol–water partition coefficient (Wildman–Crippen LogP) is 4.74. The van der Waals surface area contributed by atoms with Gasteiger partial charge in [0.05, 0.1) is 0 Å². The molecule has 1 fully saturated rings. The Balaban J connectivity index is 2.47. The molecule has 1 rings (SSSR count). The van der Waals surface area contributed by atoms with E-state index in [1.807, 2.05) is 0 Å². The van der Waals surface area contributed by atoms with Gasteiger partial charge in [0.25, 0.3) is 0 Å². The summed E-state index contributed by atoms with van der Waals surface area (Å²) in [6.45, 7) is 12.0. The molecule has 0 aromatic rings. The van der Waals surface area contributed by atoms with Gasteiger partial charge >= 0.3 is 0 Å². The van der Waals surface area contributed by atoms with Crippen LogP contribution in [0.25, 0.3) is 0 Å². The van der Waals surface area contributed by atoms with Gasteiger partial charge in [0.15, 0.2) is 0 Å². The molecule has 1 aliphatic carbocycles. The summed E-state index contributed by atoms with van der Waals surface area (Å²) in [5.74, 6) is 4.71. The van der Waals surface area contributed by atoms with Crippen LogP contribution in [0, 0.1) is 29.6 Å². The summed E-state index contributed by atoms with van der Waals surface area (Å²) >= 11 is 0. The fourth-order valence-corrected chi connectivity index (χ4v) is 2.89. The lowest BCUT2D eigenvalue weighted by Crippen LogP contribution is -2.26. The summed E-state index contributed by atoms with van der Waals surface area (Å²) in [6.07, 6.45) is 5.95. The molecule has 3 unspecified atom stereocenters. The fourth-order valence-electron chi connectivity index (χ4n) is 2.89. The van der Waals surface area contributed by atoms with Crippen molar-refractivity contribution in [2.24, 2.45) is 29.6 Å². The van der Waals surface area contributed by atoms with Gasteiger partial charge in [0, 0.05) is 0 Å². The van der Waals surface area contributed by atoms with E-state index >= 15 is 0 Å². The molecule has 0 aromatic carbocycles. The van der Waals surface area contributed by atoms with Crippen LogP contribution in [0.2, 0.25) is 0 Å². The molecule has 0 radical (unpaired) electrons. The quantitative estimate of drug-likeness (QED) is 0.611. The van der Waals surface area contributed by atoms with Gasteiger partial charge in [-0.25, -0.2) is 0 Å². The van der Waals surface area contributed by atoms with E-state index in [-0.39, 0.29) is 0 Å². The molecule has 0 heteroatoms. The smallest absolute Gasteiger partial charge is 0.0383 e. The third-order valence-electron chi connectivity index (χ3n) is 4.49. The SMILES string of the molecule is CC(C)C1CCCC(C(C)C(C)C)C1. The van der Waals surface area contributed by atoms with Crippen LogP contribution in [0.3, 0.4) is 0 Å². The first-order valence-corrected chi connectivity index (χ1v) is 6.52. The van der Waals surface area contributed by atoms with Crippen LogP contribution in [-0.4, -0.2) is 0 Å². The van der Waals surface area contributed by atoms with Gasteiger partial charge in [-0.3, -0.25) is 0 Å². The highest BCUT2D eigenvalue weighted by molar-refractivity contribution is 4.79. The largest absolute Gasteiger partial charge is 0.0625 e. The van der Waals surface area contributed by atoms with Gasteiger partial charge in [0.1, 0.15) is 0 Å². The van der Waals surface area contributed by atoms with E-state index in [0.717, 1.165) is 29.6 Å². The molecule has 1 saturated carbocycles. The molecule has 0 aliphatic heterocycles. The lowest BCUT2D eigenvalue weighted by atomic mass is 9.70. The zero-order chi connectivity index (χ0) is 10.7. The van der Waals surface area contributed by atoms with Gasteiger partial charge in [-0.2, -0.15) is 0 Å². The molecule has 0 aromatic heterocycles. The van der Waals surface area contributed by atoms with Crippen molar-refractivity contribution in [3.63, 3.8) is 0 Å². The molecule has 3 atom stereocenters. The molecule has 0 spiro atoms. The highest BCUT2D eigenvalue weighted by atomic mass is 14.3. The lowest BCUT2D eigenvalue weighted by molar-refractivity contribution is 0.145. The van der Waals surface area contributed by atoms with E-state index < -0.39 is 0 Å². The summed E-state index contributed by atoms with van der Waals surface area (Å²) in [5.41, 5.74) is 0. The second-order valence-corrected chi connectivity index (χ2v) is 6.03. The lowest BCUT2D eigenvalue weighted by Gasteiger charge is -2.36. The molecule has 0 amide bonds. The molecule has 14 heavy (non-hydrogen) atoms. The Morgan fingerprint density at radius 2 is 1.43 bits per heavy atom. The number of hydrogen-bond donors (Lipinski definition) is 0. The fraction of sp³-hybridized carbons (Fsp3) is 1.00. The highest BCUT2D eigenvalue weighted by Gasteiger charge is 2.28. The van der Waals surface area contributed by atoms with Crippen molar-refractivity contribution in [3.05, 3.63) is 0 Å². The van der Waals surface area contributed by atoms with E-state index in [0.29, 0.717) is 0 Å². The van der Waals surface area contributed by atoms with Crippen molar-refractivity contribution in [3.8, 4) is 0 Å². The Labute approximate surface area is 90.5 Å². The Hall–Kier alpha value is 0. The number of rotatable bonds is 3. The summed E-state index contributed by atoms with van der Waals surface area (Å²) in [5, 5.41) is 0. The van der Waals surface area contributed by atoms with Crippen LogP contribution in [0.15, 0.2) is 0 Å². The Kier molecular flexibility index (Phi) is 4.47. The second-order valence-electron chi connectivity index (χ2n) is 6.03. The Morgan fingerprint density at radius 1 is 0.857 bits per heavy atom. The molecule has 0 heterocycles.